The summed E-state index contributed by atoms with van der Waals surface area (Å²) in [6, 6.07) is 9.99. The molecule has 0 aromatic heterocycles. The van der Waals surface area contributed by atoms with Crippen molar-refractivity contribution in [2.24, 2.45) is 5.92 Å². The third kappa shape index (κ3) is 5.39. The first-order valence-electron chi connectivity index (χ1n) is 9.97. The molecule has 3 rings (SSSR count). The molecule has 1 N–H and O–H groups in total. The second-order valence-corrected chi connectivity index (χ2v) is 9.00. The molecule has 2 fully saturated rings. The van der Waals surface area contributed by atoms with Crippen LogP contribution in [0.25, 0.3) is 0 Å². The van der Waals surface area contributed by atoms with Gasteiger partial charge in [0.25, 0.3) is 0 Å². The highest BCUT2D eigenvalue weighted by Gasteiger charge is 2.46. The largest absolute Gasteiger partial charge is 0.389 e. The van der Waals surface area contributed by atoms with Crippen LogP contribution in [0.15, 0.2) is 35.9 Å². The number of nitrogens with one attached hydrogen (secondary N) is 1. The van der Waals surface area contributed by atoms with E-state index in [1.54, 1.807) is 5.41 Å². The molecule has 1 aromatic carbocycles. The van der Waals surface area contributed by atoms with Gasteiger partial charge in [-0.15, -0.1) is 12.6 Å². The fraction of sp³-hybridized carbons (Fsp3) is 0.619. The molecule has 0 radical (unpaired) electrons. The van der Waals surface area contributed by atoms with E-state index < -0.39 is 0 Å². The molecule has 0 spiro atoms. The van der Waals surface area contributed by atoms with E-state index in [0.29, 0.717) is 17.9 Å². The predicted molar refractivity (Wildman–Crippen MR) is 123 cm³/mol. The number of hydrogen-bond acceptors (Lipinski definition) is 5. The number of thiol groups is 2. The Morgan fingerprint density at radius 1 is 1.26 bits per heavy atom. The van der Waals surface area contributed by atoms with Gasteiger partial charge < -0.3 is 15.1 Å². The first-order valence-corrected chi connectivity index (χ1v) is 11.5. The number of fused-ring (bicyclic) bond motifs is 2. The minimum Gasteiger partial charge on any atom is -0.389 e. The van der Waals surface area contributed by atoms with Gasteiger partial charge in [0, 0.05) is 55.2 Å². The maximum atomic E-state index is 6.15. The summed E-state index contributed by atoms with van der Waals surface area (Å²) in [5.74, 6) is 2.16. The van der Waals surface area contributed by atoms with Crippen molar-refractivity contribution >= 4 is 36.9 Å². The molecule has 6 heteroatoms. The van der Waals surface area contributed by atoms with E-state index in [4.69, 9.17) is 11.6 Å². The molecule has 2 heterocycles. The summed E-state index contributed by atoms with van der Waals surface area (Å²) in [6.07, 6.45) is 5.82. The first-order chi connectivity index (χ1) is 13.1. The van der Waals surface area contributed by atoms with Gasteiger partial charge in [-0.1, -0.05) is 23.7 Å². The van der Waals surface area contributed by atoms with Crippen molar-refractivity contribution < 1.29 is 0 Å². The average molecular weight is 426 g/mol. The van der Waals surface area contributed by atoms with Crippen LogP contribution in [0.5, 0.6) is 0 Å². The van der Waals surface area contributed by atoms with Crippen LogP contribution in [-0.2, 0) is 0 Å². The zero-order chi connectivity index (χ0) is 19.2. The van der Waals surface area contributed by atoms with Crippen molar-refractivity contribution in [3.63, 3.8) is 0 Å². The highest BCUT2D eigenvalue weighted by atomic mass is 35.5. The lowest BCUT2D eigenvalue weighted by atomic mass is 9.76. The number of hydrogen-bond donors (Lipinski definition) is 3. The molecule has 2 aliphatic heterocycles. The molecule has 4 unspecified atom stereocenters. The van der Waals surface area contributed by atoms with Crippen molar-refractivity contribution in [2.45, 2.75) is 37.3 Å². The Morgan fingerprint density at radius 3 is 2.74 bits per heavy atom. The summed E-state index contributed by atoms with van der Waals surface area (Å²) in [5, 5.41) is 5.87. The third-order valence-electron chi connectivity index (χ3n) is 6.38. The van der Waals surface area contributed by atoms with E-state index in [0.717, 1.165) is 43.0 Å². The number of halogens is 1. The van der Waals surface area contributed by atoms with Crippen molar-refractivity contribution in [3.05, 3.63) is 46.5 Å². The molecule has 2 saturated heterocycles. The molecule has 0 amide bonds. The Kier molecular flexibility index (Phi) is 8.27. The maximum Gasteiger partial charge on any atom is 0.0406 e. The molecule has 2 aliphatic rings. The van der Waals surface area contributed by atoms with Crippen LogP contribution in [0.2, 0.25) is 5.02 Å². The topological polar surface area (TPSA) is 18.5 Å². The highest BCUT2D eigenvalue weighted by Crippen LogP contribution is 2.46. The van der Waals surface area contributed by atoms with Crippen molar-refractivity contribution in [1.82, 2.24) is 15.1 Å². The Labute approximate surface area is 180 Å². The lowest BCUT2D eigenvalue weighted by Gasteiger charge is -2.45. The van der Waals surface area contributed by atoms with Gasteiger partial charge in [0.2, 0.25) is 0 Å². The number of piperidine rings is 1. The second kappa shape index (κ2) is 10.4. The SMILES string of the molecule is CN1C2CCC1C(CN(CCS)CCNC=CS)C(c1ccc(Cl)cc1)C2. The van der Waals surface area contributed by atoms with Crippen LogP contribution in [-0.4, -0.2) is 60.9 Å². The standard InChI is InChI=1S/C21H32ClN3S2/c1-24-18-6-7-21(24)20(15-25(11-13-27)10-8-23-9-12-26)19(14-18)16-2-4-17(22)5-3-16/h2-5,9,12,18-21,23,26-27H,6-8,10-11,13-15H2,1H3. The highest BCUT2D eigenvalue weighted by molar-refractivity contribution is 7.83. The molecule has 4 atom stereocenters. The quantitative estimate of drug-likeness (QED) is 0.408. The van der Waals surface area contributed by atoms with E-state index in [2.05, 4.69) is 59.6 Å². The van der Waals surface area contributed by atoms with E-state index in [1.807, 2.05) is 18.3 Å². The summed E-state index contributed by atoms with van der Waals surface area (Å²) >= 11 is 14.8. The zero-order valence-corrected chi connectivity index (χ0v) is 18.6. The summed E-state index contributed by atoms with van der Waals surface area (Å²) in [4.78, 5) is 5.23. The molecule has 0 saturated carbocycles. The first kappa shape index (κ1) is 21.4. The van der Waals surface area contributed by atoms with Crippen molar-refractivity contribution in [2.75, 3.05) is 39.0 Å². The smallest absolute Gasteiger partial charge is 0.0406 e. The lowest BCUT2D eigenvalue weighted by Crippen LogP contribution is -2.50. The van der Waals surface area contributed by atoms with Crippen molar-refractivity contribution in [3.8, 4) is 0 Å². The summed E-state index contributed by atoms with van der Waals surface area (Å²) in [7, 11) is 2.33. The third-order valence-corrected chi connectivity index (χ3v) is 6.98. The fourth-order valence-corrected chi connectivity index (χ4v) is 5.53. The van der Waals surface area contributed by atoms with E-state index in [1.165, 1.54) is 24.8 Å². The van der Waals surface area contributed by atoms with E-state index >= 15 is 0 Å². The Balaban J connectivity index is 1.75. The monoisotopic (exact) mass is 425 g/mol. The van der Waals surface area contributed by atoms with E-state index in [-0.39, 0.29) is 0 Å². The molecule has 150 valence electrons. The normalized spacial score (nSPS) is 28.3. The maximum absolute atomic E-state index is 6.15. The van der Waals surface area contributed by atoms with Crippen LogP contribution in [0.1, 0.15) is 30.7 Å². The van der Waals surface area contributed by atoms with Crippen LogP contribution < -0.4 is 5.32 Å². The Morgan fingerprint density at radius 2 is 2.04 bits per heavy atom. The summed E-state index contributed by atoms with van der Waals surface area (Å²) in [6.45, 7) is 4.12. The van der Waals surface area contributed by atoms with Gasteiger partial charge in [-0.3, -0.25) is 0 Å². The summed E-state index contributed by atoms with van der Waals surface area (Å²) < 4.78 is 0. The van der Waals surface area contributed by atoms with Crippen LogP contribution in [0, 0.1) is 5.92 Å². The minimum atomic E-state index is 0.615. The molecular formula is C21H32ClN3S2. The van der Waals surface area contributed by atoms with Gasteiger partial charge in [0.05, 0.1) is 0 Å². The van der Waals surface area contributed by atoms with Gasteiger partial charge in [0.15, 0.2) is 0 Å². The molecule has 2 bridgehead atoms. The zero-order valence-electron chi connectivity index (χ0n) is 16.1. The van der Waals surface area contributed by atoms with Gasteiger partial charge >= 0.3 is 0 Å². The number of benzene rings is 1. The van der Waals surface area contributed by atoms with Gasteiger partial charge in [-0.05, 0) is 61.3 Å². The molecular weight excluding hydrogens is 394 g/mol. The van der Waals surface area contributed by atoms with E-state index in [9.17, 15) is 0 Å². The van der Waals surface area contributed by atoms with Crippen LogP contribution in [0.3, 0.4) is 0 Å². The molecule has 3 nitrogen and oxygen atoms in total. The average Bonchev–Trinajstić information content (AvgIpc) is 2.91. The predicted octanol–water partition coefficient (Wildman–Crippen LogP) is 4.13. The van der Waals surface area contributed by atoms with Gasteiger partial charge in [-0.25, -0.2) is 0 Å². The van der Waals surface area contributed by atoms with Gasteiger partial charge in [-0.2, -0.15) is 12.6 Å². The van der Waals surface area contributed by atoms with Crippen LogP contribution >= 0.6 is 36.9 Å². The number of nitrogens with zero attached hydrogens (tertiary/aromatic N) is 2. The molecule has 27 heavy (non-hydrogen) atoms. The fourth-order valence-electron chi connectivity index (χ4n) is 5.01. The number of rotatable bonds is 9. The minimum absolute atomic E-state index is 0.615. The van der Waals surface area contributed by atoms with Gasteiger partial charge in [0.1, 0.15) is 0 Å². The molecule has 0 aliphatic carbocycles. The van der Waals surface area contributed by atoms with Crippen LogP contribution in [0.4, 0.5) is 0 Å². The van der Waals surface area contributed by atoms with Crippen molar-refractivity contribution in [1.29, 1.82) is 0 Å². The Hall–Kier alpha value is -0.330. The summed E-state index contributed by atoms with van der Waals surface area (Å²) in [5.41, 5.74) is 1.45. The molecule has 1 aromatic rings. The lowest BCUT2D eigenvalue weighted by molar-refractivity contribution is 0.0729. The Bertz CT molecular complexity index is 610. The second-order valence-electron chi connectivity index (χ2n) is 7.82.